The highest BCUT2D eigenvalue weighted by Crippen LogP contribution is 2.29. The molecule has 1 heterocycles. The lowest BCUT2D eigenvalue weighted by Gasteiger charge is -2.19. The van der Waals surface area contributed by atoms with Crippen molar-refractivity contribution in [1.82, 2.24) is 0 Å². The zero-order valence-corrected chi connectivity index (χ0v) is 14.6. The molecule has 0 saturated carbocycles. The predicted octanol–water partition coefficient (Wildman–Crippen LogP) is 3.20. The van der Waals surface area contributed by atoms with E-state index in [1.807, 2.05) is 31.2 Å². The van der Waals surface area contributed by atoms with E-state index in [-0.39, 0.29) is 23.9 Å². The van der Waals surface area contributed by atoms with Crippen LogP contribution in [0.3, 0.4) is 0 Å². The van der Waals surface area contributed by atoms with E-state index >= 15 is 0 Å². The first-order chi connectivity index (χ1) is 12.4. The predicted molar refractivity (Wildman–Crippen MR) is 98.1 cm³/mol. The van der Waals surface area contributed by atoms with Gasteiger partial charge in [0.15, 0.2) is 0 Å². The van der Waals surface area contributed by atoms with Crippen molar-refractivity contribution < 1.29 is 14.5 Å². The molecule has 7 heteroatoms. The summed E-state index contributed by atoms with van der Waals surface area (Å²) < 4.78 is 0. The molecule has 1 fully saturated rings. The average Bonchev–Trinajstić information content (AvgIpc) is 2.98. The average molecular weight is 353 g/mol. The van der Waals surface area contributed by atoms with Crippen LogP contribution in [0.1, 0.15) is 17.5 Å². The number of nitro groups is 1. The van der Waals surface area contributed by atoms with Crippen LogP contribution in [-0.4, -0.2) is 23.3 Å². The van der Waals surface area contributed by atoms with Gasteiger partial charge in [-0.25, -0.2) is 0 Å². The van der Waals surface area contributed by atoms with Crippen molar-refractivity contribution in [2.45, 2.75) is 20.3 Å². The van der Waals surface area contributed by atoms with E-state index in [4.69, 9.17) is 0 Å². The second-order valence-corrected chi connectivity index (χ2v) is 6.44. The van der Waals surface area contributed by atoms with Gasteiger partial charge in [-0.1, -0.05) is 24.3 Å². The Labute approximate surface area is 150 Å². The van der Waals surface area contributed by atoms with Crippen LogP contribution in [0, 0.1) is 29.9 Å². The monoisotopic (exact) mass is 353 g/mol. The van der Waals surface area contributed by atoms with Gasteiger partial charge in [-0.2, -0.15) is 0 Å². The van der Waals surface area contributed by atoms with Gasteiger partial charge in [-0.3, -0.25) is 19.7 Å². The Bertz CT molecular complexity index is 894. The second kappa shape index (κ2) is 6.95. The Morgan fingerprint density at radius 1 is 1.19 bits per heavy atom. The van der Waals surface area contributed by atoms with Crippen molar-refractivity contribution >= 4 is 28.9 Å². The number of nitrogens with one attached hydrogen (secondary N) is 1. The number of hydrogen-bond donors (Lipinski definition) is 1. The molecule has 0 aliphatic carbocycles. The maximum atomic E-state index is 12.5. The van der Waals surface area contributed by atoms with Crippen LogP contribution in [0.15, 0.2) is 42.5 Å². The molecule has 3 rings (SSSR count). The molecule has 1 aliphatic rings. The van der Waals surface area contributed by atoms with Gasteiger partial charge in [0.1, 0.15) is 0 Å². The fourth-order valence-electron chi connectivity index (χ4n) is 3.11. The fraction of sp³-hybridized carbons (Fsp3) is 0.263. The third kappa shape index (κ3) is 3.42. The molecule has 2 aromatic carbocycles. The SMILES string of the molecule is Cc1ccccc1N1C[C@H](C(=O)Nc2ccc(C)c([N+](=O)[O-])c2)CC1=O. The number of aryl methyl sites for hydroxylation is 2. The van der Waals surface area contributed by atoms with Crippen LogP contribution in [-0.2, 0) is 9.59 Å². The Kier molecular flexibility index (Phi) is 4.71. The lowest BCUT2D eigenvalue weighted by atomic mass is 10.1. The van der Waals surface area contributed by atoms with Gasteiger partial charge in [-0.15, -0.1) is 0 Å². The van der Waals surface area contributed by atoms with Gasteiger partial charge in [0.2, 0.25) is 11.8 Å². The van der Waals surface area contributed by atoms with E-state index in [2.05, 4.69) is 5.32 Å². The van der Waals surface area contributed by atoms with Crippen molar-refractivity contribution in [1.29, 1.82) is 0 Å². The van der Waals surface area contributed by atoms with Gasteiger partial charge < -0.3 is 10.2 Å². The summed E-state index contributed by atoms with van der Waals surface area (Å²) in [5.74, 6) is -0.913. The molecule has 26 heavy (non-hydrogen) atoms. The highest BCUT2D eigenvalue weighted by molar-refractivity contribution is 6.03. The van der Waals surface area contributed by atoms with Gasteiger partial charge in [0.05, 0.1) is 10.8 Å². The molecule has 0 spiro atoms. The number of amides is 2. The smallest absolute Gasteiger partial charge is 0.274 e. The van der Waals surface area contributed by atoms with Crippen LogP contribution >= 0.6 is 0 Å². The van der Waals surface area contributed by atoms with Crippen LogP contribution in [0.25, 0.3) is 0 Å². The van der Waals surface area contributed by atoms with Crippen molar-refractivity contribution in [3.05, 3.63) is 63.7 Å². The minimum atomic E-state index is -0.498. The topological polar surface area (TPSA) is 92.6 Å². The van der Waals surface area contributed by atoms with E-state index in [0.29, 0.717) is 17.8 Å². The Hall–Kier alpha value is -3.22. The quantitative estimate of drug-likeness (QED) is 0.675. The Morgan fingerprint density at radius 2 is 1.92 bits per heavy atom. The van der Waals surface area contributed by atoms with E-state index < -0.39 is 10.8 Å². The van der Waals surface area contributed by atoms with Crippen LogP contribution in [0.4, 0.5) is 17.1 Å². The number of carbonyl (C=O) groups excluding carboxylic acids is 2. The summed E-state index contributed by atoms with van der Waals surface area (Å²) in [5, 5.41) is 13.7. The molecule has 0 unspecified atom stereocenters. The highest BCUT2D eigenvalue weighted by Gasteiger charge is 2.35. The molecule has 2 amide bonds. The van der Waals surface area contributed by atoms with Crippen LogP contribution < -0.4 is 10.2 Å². The third-order valence-electron chi connectivity index (χ3n) is 4.58. The summed E-state index contributed by atoms with van der Waals surface area (Å²) in [6, 6.07) is 12.1. The first-order valence-corrected chi connectivity index (χ1v) is 8.28. The maximum absolute atomic E-state index is 12.5. The number of nitrogens with zero attached hydrogens (tertiary/aromatic N) is 2. The number of rotatable bonds is 4. The zero-order chi connectivity index (χ0) is 18.8. The zero-order valence-electron chi connectivity index (χ0n) is 14.6. The van der Waals surface area contributed by atoms with Crippen LogP contribution in [0.5, 0.6) is 0 Å². The summed E-state index contributed by atoms with van der Waals surface area (Å²) in [5.41, 5.74) is 2.60. The van der Waals surface area contributed by atoms with Gasteiger partial charge >= 0.3 is 0 Å². The van der Waals surface area contributed by atoms with E-state index in [0.717, 1.165) is 11.3 Å². The number of benzene rings is 2. The summed E-state index contributed by atoms with van der Waals surface area (Å²) in [6.45, 7) is 3.85. The molecule has 0 aromatic heterocycles. The molecule has 0 radical (unpaired) electrons. The van der Waals surface area contributed by atoms with Crippen molar-refractivity contribution in [2.24, 2.45) is 5.92 Å². The maximum Gasteiger partial charge on any atom is 0.274 e. The molecule has 1 saturated heterocycles. The molecular formula is C19H19N3O4. The van der Waals surface area contributed by atoms with Gasteiger partial charge in [-0.05, 0) is 31.5 Å². The largest absolute Gasteiger partial charge is 0.326 e. The molecule has 1 aliphatic heterocycles. The molecule has 2 aromatic rings. The lowest BCUT2D eigenvalue weighted by Crippen LogP contribution is -2.28. The summed E-state index contributed by atoms with van der Waals surface area (Å²) >= 11 is 0. The number of anilines is 2. The number of para-hydroxylation sites is 1. The molecule has 134 valence electrons. The first-order valence-electron chi connectivity index (χ1n) is 8.28. The molecule has 1 N–H and O–H groups in total. The summed E-state index contributed by atoms with van der Waals surface area (Å²) in [6.07, 6.45) is 0.119. The minimum Gasteiger partial charge on any atom is -0.326 e. The minimum absolute atomic E-state index is 0.0492. The van der Waals surface area contributed by atoms with Crippen LogP contribution in [0.2, 0.25) is 0 Å². The standard InChI is InChI=1S/C19H19N3O4/c1-12-5-3-4-6-16(12)21-11-14(9-18(21)23)19(24)20-15-8-7-13(2)17(10-15)22(25)26/h3-8,10,14H,9,11H2,1-2H3,(H,20,24)/t14-/m1/s1. The van der Waals surface area contributed by atoms with Crippen molar-refractivity contribution in [2.75, 3.05) is 16.8 Å². The normalized spacial score (nSPS) is 16.6. The number of carbonyl (C=O) groups is 2. The number of hydrogen-bond acceptors (Lipinski definition) is 4. The third-order valence-corrected chi connectivity index (χ3v) is 4.58. The Balaban J connectivity index is 1.74. The summed E-state index contributed by atoms with van der Waals surface area (Å²) in [4.78, 5) is 37.0. The highest BCUT2D eigenvalue weighted by atomic mass is 16.6. The second-order valence-electron chi connectivity index (χ2n) is 6.44. The molecule has 0 bridgehead atoms. The number of nitro benzene ring substituents is 1. The van der Waals surface area contributed by atoms with Gasteiger partial charge in [0, 0.05) is 36.0 Å². The van der Waals surface area contributed by atoms with Gasteiger partial charge in [0.25, 0.3) is 5.69 Å². The van der Waals surface area contributed by atoms with E-state index in [1.165, 1.54) is 6.07 Å². The fourth-order valence-corrected chi connectivity index (χ4v) is 3.11. The summed E-state index contributed by atoms with van der Waals surface area (Å²) in [7, 11) is 0. The molecule has 1 atom stereocenters. The molecule has 7 nitrogen and oxygen atoms in total. The van der Waals surface area contributed by atoms with Crippen molar-refractivity contribution in [3.63, 3.8) is 0 Å². The van der Waals surface area contributed by atoms with Crippen molar-refractivity contribution in [3.8, 4) is 0 Å². The first kappa shape index (κ1) is 17.6. The lowest BCUT2D eigenvalue weighted by molar-refractivity contribution is -0.385. The molecular weight excluding hydrogens is 334 g/mol. The van der Waals surface area contributed by atoms with E-state index in [9.17, 15) is 19.7 Å². The Morgan fingerprint density at radius 3 is 2.62 bits per heavy atom. The van der Waals surface area contributed by atoms with E-state index in [1.54, 1.807) is 24.0 Å².